The predicted molar refractivity (Wildman–Crippen MR) is 77.2 cm³/mol. The zero-order valence-electron chi connectivity index (χ0n) is 11.4. The largest absolute Gasteiger partial charge is 0.315 e. The van der Waals surface area contributed by atoms with Crippen LogP contribution in [0, 0.1) is 6.92 Å². The van der Waals surface area contributed by atoms with E-state index >= 15 is 0 Å². The number of nitrogens with zero attached hydrogens (tertiary/aromatic N) is 1. The van der Waals surface area contributed by atoms with Gasteiger partial charge in [0, 0.05) is 19.6 Å². The van der Waals surface area contributed by atoms with Crippen LogP contribution in [0.2, 0.25) is 0 Å². The van der Waals surface area contributed by atoms with Crippen molar-refractivity contribution in [2.24, 2.45) is 0 Å². The van der Waals surface area contributed by atoms with Gasteiger partial charge >= 0.3 is 0 Å². The van der Waals surface area contributed by atoms with Crippen molar-refractivity contribution in [3.05, 3.63) is 29.8 Å². The van der Waals surface area contributed by atoms with Crippen molar-refractivity contribution in [3.8, 4) is 0 Å². The summed E-state index contributed by atoms with van der Waals surface area (Å²) in [5.74, 6) is 0.204. The fraction of sp³-hybridized carbons (Fsp3) is 0.571. The van der Waals surface area contributed by atoms with Crippen molar-refractivity contribution in [1.82, 2.24) is 10.2 Å². The molecule has 0 aliphatic carbocycles. The van der Waals surface area contributed by atoms with Crippen LogP contribution < -0.4 is 5.32 Å². The minimum atomic E-state index is -3.15. The normalized spacial score (nSPS) is 18.2. The molecule has 0 bridgehead atoms. The zero-order chi connectivity index (χ0) is 13.7. The summed E-state index contributed by atoms with van der Waals surface area (Å²) in [6, 6.07) is 7.11. The first-order valence-corrected chi connectivity index (χ1v) is 8.46. The van der Waals surface area contributed by atoms with Crippen LogP contribution in [0.1, 0.15) is 12.0 Å². The molecule has 4 nitrogen and oxygen atoms in total. The molecule has 0 atom stereocenters. The van der Waals surface area contributed by atoms with Gasteiger partial charge < -0.3 is 10.2 Å². The zero-order valence-corrected chi connectivity index (χ0v) is 12.2. The number of benzene rings is 1. The summed E-state index contributed by atoms with van der Waals surface area (Å²) in [6.45, 7) is 6.48. The Morgan fingerprint density at radius 3 is 2.63 bits per heavy atom. The summed E-state index contributed by atoms with van der Waals surface area (Å²) in [5.41, 5.74) is 1.08. The smallest absolute Gasteiger partial charge is 0.179 e. The molecule has 1 heterocycles. The van der Waals surface area contributed by atoms with Gasteiger partial charge in [0.2, 0.25) is 0 Å². The highest BCUT2D eigenvalue weighted by molar-refractivity contribution is 7.91. The topological polar surface area (TPSA) is 49.4 Å². The Labute approximate surface area is 115 Å². The molecule has 0 saturated carbocycles. The van der Waals surface area contributed by atoms with Crippen LogP contribution >= 0.6 is 0 Å². The van der Waals surface area contributed by atoms with E-state index in [-0.39, 0.29) is 5.75 Å². The first-order chi connectivity index (χ1) is 9.08. The third kappa shape index (κ3) is 4.30. The van der Waals surface area contributed by atoms with Crippen molar-refractivity contribution in [2.45, 2.75) is 18.2 Å². The van der Waals surface area contributed by atoms with E-state index in [0.29, 0.717) is 11.4 Å². The molecule has 1 saturated heterocycles. The van der Waals surface area contributed by atoms with Crippen molar-refractivity contribution in [3.63, 3.8) is 0 Å². The third-order valence-electron chi connectivity index (χ3n) is 3.49. The lowest BCUT2D eigenvalue weighted by Gasteiger charge is -2.19. The van der Waals surface area contributed by atoms with Crippen LogP contribution in [0.3, 0.4) is 0 Å². The fourth-order valence-electron chi connectivity index (χ4n) is 2.24. The maximum absolute atomic E-state index is 12.2. The maximum Gasteiger partial charge on any atom is 0.179 e. The fourth-order valence-corrected chi connectivity index (χ4v) is 3.52. The van der Waals surface area contributed by atoms with E-state index in [1.807, 2.05) is 19.1 Å². The highest BCUT2D eigenvalue weighted by Gasteiger charge is 2.17. The monoisotopic (exact) mass is 282 g/mol. The van der Waals surface area contributed by atoms with Crippen molar-refractivity contribution in [1.29, 1.82) is 0 Å². The van der Waals surface area contributed by atoms with E-state index in [1.54, 1.807) is 12.1 Å². The Morgan fingerprint density at radius 2 is 1.89 bits per heavy atom. The average Bonchev–Trinajstić information content (AvgIpc) is 2.65. The van der Waals surface area contributed by atoms with Gasteiger partial charge in [0.15, 0.2) is 9.84 Å². The minimum absolute atomic E-state index is 0.204. The number of sulfone groups is 1. The number of aryl methyl sites for hydroxylation is 1. The van der Waals surface area contributed by atoms with E-state index in [9.17, 15) is 8.42 Å². The van der Waals surface area contributed by atoms with Crippen molar-refractivity contribution in [2.75, 3.05) is 38.5 Å². The lowest BCUT2D eigenvalue weighted by Crippen LogP contribution is -2.32. The molecular weight excluding hydrogens is 260 g/mol. The molecule has 1 N–H and O–H groups in total. The van der Waals surface area contributed by atoms with Crippen LogP contribution in [-0.4, -0.2) is 51.8 Å². The van der Waals surface area contributed by atoms with E-state index in [2.05, 4.69) is 10.2 Å². The molecule has 0 unspecified atom stereocenters. The minimum Gasteiger partial charge on any atom is -0.315 e. The first-order valence-electron chi connectivity index (χ1n) is 6.80. The summed E-state index contributed by atoms with van der Waals surface area (Å²) in [7, 11) is -3.15. The quantitative estimate of drug-likeness (QED) is 0.897. The second-order valence-electron chi connectivity index (χ2n) is 5.08. The molecule has 1 aliphatic heterocycles. The number of hydrogen-bond donors (Lipinski definition) is 1. The maximum atomic E-state index is 12.2. The first kappa shape index (κ1) is 14.5. The van der Waals surface area contributed by atoms with Gasteiger partial charge in [-0.2, -0.15) is 0 Å². The SMILES string of the molecule is Cc1ccc(S(=O)(=O)CCN2CCCNCC2)cc1. The molecule has 0 spiro atoms. The molecule has 5 heteroatoms. The van der Waals surface area contributed by atoms with Gasteiger partial charge in [-0.25, -0.2) is 8.42 Å². The molecule has 106 valence electrons. The Balaban J connectivity index is 1.95. The van der Waals surface area contributed by atoms with Gasteiger partial charge in [-0.15, -0.1) is 0 Å². The number of rotatable bonds is 4. The molecule has 2 rings (SSSR count). The van der Waals surface area contributed by atoms with Gasteiger partial charge in [0.05, 0.1) is 10.6 Å². The van der Waals surface area contributed by atoms with Crippen LogP contribution in [0.25, 0.3) is 0 Å². The molecule has 1 fully saturated rings. The van der Waals surface area contributed by atoms with Gasteiger partial charge in [0.1, 0.15) is 0 Å². The van der Waals surface area contributed by atoms with E-state index in [1.165, 1.54) is 0 Å². The summed E-state index contributed by atoms with van der Waals surface area (Å²) >= 11 is 0. The molecule has 0 aromatic heterocycles. The lowest BCUT2D eigenvalue weighted by atomic mass is 10.2. The van der Waals surface area contributed by atoms with Gasteiger partial charge in [0.25, 0.3) is 0 Å². The Bertz CT molecular complexity index is 489. The molecule has 0 radical (unpaired) electrons. The van der Waals surface area contributed by atoms with Gasteiger partial charge in [-0.05, 0) is 38.6 Å². The molecule has 1 aromatic rings. The predicted octanol–water partition coefficient (Wildman–Crippen LogP) is 1.06. The molecular formula is C14H22N2O2S. The van der Waals surface area contributed by atoms with Crippen LogP contribution in [0.5, 0.6) is 0 Å². The van der Waals surface area contributed by atoms with Crippen LogP contribution in [0.4, 0.5) is 0 Å². The van der Waals surface area contributed by atoms with Crippen LogP contribution in [0.15, 0.2) is 29.2 Å². The number of hydrogen-bond acceptors (Lipinski definition) is 4. The van der Waals surface area contributed by atoms with Crippen molar-refractivity contribution >= 4 is 9.84 Å². The van der Waals surface area contributed by atoms with Gasteiger partial charge in [-0.1, -0.05) is 17.7 Å². The second-order valence-corrected chi connectivity index (χ2v) is 7.19. The van der Waals surface area contributed by atoms with E-state index in [0.717, 1.165) is 38.2 Å². The Hall–Kier alpha value is -0.910. The molecule has 1 aliphatic rings. The standard InChI is InChI=1S/C14H22N2O2S/c1-13-3-5-14(6-4-13)19(17,18)12-11-16-9-2-7-15-8-10-16/h3-6,15H,2,7-12H2,1H3. The number of nitrogens with one attached hydrogen (secondary N) is 1. The third-order valence-corrected chi connectivity index (χ3v) is 5.20. The average molecular weight is 282 g/mol. The van der Waals surface area contributed by atoms with Crippen molar-refractivity contribution < 1.29 is 8.42 Å². The van der Waals surface area contributed by atoms with E-state index in [4.69, 9.17) is 0 Å². The van der Waals surface area contributed by atoms with Crippen LogP contribution in [-0.2, 0) is 9.84 Å². The summed E-state index contributed by atoms with van der Waals surface area (Å²) < 4.78 is 24.5. The summed E-state index contributed by atoms with van der Waals surface area (Å²) in [5, 5.41) is 3.32. The lowest BCUT2D eigenvalue weighted by molar-refractivity contribution is 0.309. The Kier molecular flexibility index (Phi) is 4.96. The van der Waals surface area contributed by atoms with Gasteiger partial charge in [-0.3, -0.25) is 0 Å². The summed E-state index contributed by atoms with van der Waals surface area (Å²) in [4.78, 5) is 2.66. The highest BCUT2D eigenvalue weighted by Crippen LogP contribution is 2.12. The molecule has 19 heavy (non-hydrogen) atoms. The highest BCUT2D eigenvalue weighted by atomic mass is 32.2. The molecule has 0 amide bonds. The Morgan fingerprint density at radius 1 is 1.16 bits per heavy atom. The van der Waals surface area contributed by atoms with E-state index < -0.39 is 9.84 Å². The second kappa shape index (κ2) is 6.50. The molecule has 1 aromatic carbocycles. The summed E-state index contributed by atoms with van der Waals surface area (Å²) in [6.07, 6.45) is 1.09.